The summed E-state index contributed by atoms with van der Waals surface area (Å²) in [5.41, 5.74) is 5.77. The van der Waals surface area contributed by atoms with E-state index in [1.165, 1.54) is 0 Å². The Morgan fingerprint density at radius 2 is 2.11 bits per heavy atom. The maximum Gasteiger partial charge on any atom is 0.0739 e. The predicted octanol–water partition coefficient (Wildman–Crippen LogP) is 3.36. The first-order valence-corrected chi connectivity index (χ1v) is 6.61. The highest BCUT2D eigenvalue weighted by Crippen LogP contribution is 2.30. The molecule has 0 fully saturated rings. The predicted molar refractivity (Wildman–Crippen MR) is 77.3 cm³/mol. The molecule has 1 aromatic carbocycles. The van der Waals surface area contributed by atoms with E-state index in [1.54, 1.807) is 12.4 Å². The fourth-order valence-corrected chi connectivity index (χ4v) is 2.44. The summed E-state index contributed by atoms with van der Waals surface area (Å²) in [6.07, 6.45) is 3.59. The lowest BCUT2D eigenvalue weighted by Gasteiger charge is -2.18. The van der Waals surface area contributed by atoms with Gasteiger partial charge in [-0.3, -0.25) is 10.8 Å². The van der Waals surface area contributed by atoms with E-state index in [1.807, 2.05) is 31.2 Å². The van der Waals surface area contributed by atoms with Gasteiger partial charge in [0.25, 0.3) is 0 Å². The van der Waals surface area contributed by atoms with Crippen molar-refractivity contribution in [2.24, 2.45) is 5.84 Å². The highest BCUT2D eigenvalue weighted by molar-refractivity contribution is 9.10. The number of rotatable bonds is 3. The Balaban J connectivity index is 2.48. The topological polar surface area (TPSA) is 50.9 Å². The monoisotopic (exact) mass is 325 g/mol. The van der Waals surface area contributed by atoms with E-state index in [2.05, 4.69) is 26.3 Å². The van der Waals surface area contributed by atoms with Crippen LogP contribution in [0.3, 0.4) is 0 Å². The number of hydrogen-bond donors (Lipinski definition) is 2. The van der Waals surface area contributed by atoms with Crippen LogP contribution in [0, 0.1) is 6.92 Å². The van der Waals surface area contributed by atoms with Crippen molar-refractivity contribution >= 4 is 27.5 Å². The maximum atomic E-state index is 6.22. The Hall–Kier alpha value is -0.940. The van der Waals surface area contributed by atoms with Crippen LogP contribution in [0.1, 0.15) is 22.7 Å². The highest BCUT2D eigenvalue weighted by atomic mass is 79.9. The molecule has 0 radical (unpaired) electrons. The lowest BCUT2D eigenvalue weighted by atomic mass is 10.00. The Morgan fingerprint density at radius 3 is 2.78 bits per heavy atom. The summed E-state index contributed by atoms with van der Waals surface area (Å²) < 4.78 is 0.961. The van der Waals surface area contributed by atoms with Crippen LogP contribution in [0.4, 0.5) is 0 Å². The molecule has 2 aromatic rings. The number of nitrogens with two attached hydrogens (primary N) is 1. The van der Waals surface area contributed by atoms with Crippen molar-refractivity contribution in [1.82, 2.24) is 10.4 Å². The van der Waals surface area contributed by atoms with E-state index in [-0.39, 0.29) is 6.04 Å². The summed E-state index contributed by atoms with van der Waals surface area (Å²) in [5, 5.41) is 0.669. The summed E-state index contributed by atoms with van der Waals surface area (Å²) in [6, 6.07) is 7.55. The minimum Gasteiger partial charge on any atom is -0.271 e. The molecule has 0 bridgehead atoms. The van der Waals surface area contributed by atoms with Gasteiger partial charge in [-0.1, -0.05) is 33.6 Å². The van der Waals surface area contributed by atoms with Crippen LogP contribution in [0.25, 0.3) is 0 Å². The van der Waals surface area contributed by atoms with Gasteiger partial charge in [-0.2, -0.15) is 0 Å². The van der Waals surface area contributed by atoms with Crippen molar-refractivity contribution in [1.29, 1.82) is 0 Å². The third kappa shape index (κ3) is 2.90. The minimum absolute atomic E-state index is 0.178. The first-order chi connectivity index (χ1) is 8.61. The van der Waals surface area contributed by atoms with E-state index in [0.29, 0.717) is 5.02 Å². The van der Waals surface area contributed by atoms with Crippen LogP contribution in [-0.2, 0) is 0 Å². The summed E-state index contributed by atoms with van der Waals surface area (Å²) in [7, 11) is 0. The molecule has 0 aliphatic heterocycles. The van der Waals surface area contributed by atoms with Gasteiger partial charge in [0.15, 0.2) is 0 Å². The van der Waals surface area contributed by atoms with Gasteiger partial charge in [-0.25, -0.2) is 5.43 Å². The standard InChI is InChI=1S/C13H13BrClN3/c1-8-4-9(7-17-6-8)13(18-16)11-5-10(14)2-3-12(11)15/h2-7,13,18H,16H2,1H3. The number of nitrogens with zero attached hydrogens (tertiary/aromatic N) is 1. The third-order valence-corrected chi connectivity index (χ3v) is 3.50. The molecule has 18 heavy (non-hydrogen) atoms. The van der Waals surface area contributed by atoms with Gasteiger partial charge in [-0.15, -0.1) is 0 Å². The number of nitrogens with one attached hydrogen (secondary N) is 1. The van der Waals surface area contributed by atoms with E-state index in [0.717, 1.165) is 21.2 Å². The fourth-order valence-electron chi connectivity index (χ4n) is 1.84. The number of aryl methyl sites for hydroxylation is 1. The molecular weight excluding hydrogens is 314 g/mol. The minimum atomic E-state index is -0.178. The molecule has 0 saturated carbocycles. The zero-order valence-corrected chi connectivity index (χ0v) is 12.2. The number of hydrogen-bond acceptors (Lipinski definition) is 3. The second-order valence-electron chi connectivity index (χ2n) is 4.06. The Morgan fingerprint density at radius 1 is 1.33 bits per heavy atom. The molecule has 1 atom stereocenters. The first kappa shape index (κ1) is 13.5. The highest BCUT2D eigenvalue weighted by Gasteiger charge is 2.16. The van der Waals surface area contributed by atoms with Crippen LogP contribution in [0.5, 0.6) is 0 Å². The largest absolute Gasteiger partial charge is 0.271 e. The molecule has 0 amide bonds. The van der Waals surface area contributed by atoms with Crippen LogP contribution in [0.2, 0.25) is 5.02 Å². The van der Waals surface area contributed by atoms with E-state index in [4.69, 9.17) is 17.4 Å². The molecule has 1 unspecified atom stereocenters. The second kappa shape index (κ2) is 5.80. The smallest absolute Gasteiger partial charge is 0.0739 e. The van der Waals surface area contributed by atoms with Crippen LogP contribution in [0.15, 0.2) is 41.1 Å². The van der Waals surface area contributed by atoms with Crippen molar-refractivity contribution in [3.63, 3.8) is 0 Å². The van der Waals surface area contributed by atoms with Gasteiger partial charge < -0.3 is 0 Å². The quantitative estimate of drug-likeness (QED) is 0.672. The molecule has 3 N–H and O–H groups in total. The number of pyridine rings is 1. The van der Waals surface area contributed by atoms with Gasteiger partial charge in [-0.05, 0) is 41.8 Å². The molecule has 1 heterocycles. The summed E-state index contributed by atoms with van der Waals surface area (Å²) in [5.74, 6) is 5.65. The molecule has 1 aromatic heterocycles. The van der Waals surface area contributed by atoms with Gasteiger partial charge in [0.2, 0.25) is 0 Å². The maximum absolute atomic E-state index is 6.22. The van der Waals surface area contributed by atoms with E-state index in [9.17, 15) is 0 Å². The summed E-state index contributed by atoms with van der Waals surface area (Å²) in [4.78, 5) is 4.18. The molecule has 0 spiro atoms. The van der Waals surface area contributed by atoms with Crippen molar-refractivity contribution in [3.8, 4) is 0 Å². The number of aromatic nitrogens is 1. The van der Waals surface area contributed by atoms with Crippen molar-refractivity contribution in [2.45, 2.75) is 13.0 Å². The third-order valence-electron chi connectivity index (χ3n) is 2.67. The normalized spacial score (nSPS) is 12.4. The molecule has 0 aliphatic carbocycles. The number of halogens is 2. The van der Waals surface area contributed by atoms with Gasteiger partial charge in [0.05, 0.1) is 6.04 Å². The van der Waals surface area contributed by atoms with Gasteiger partial charge in [0, 0.05) is 21.9 Å². The first-order valence-electron chi connectivity index (χ1n) is 5.44. The van der Waals surface area contributed by atoms with Gasteiger partial charge >= 0.3 is 0 Å². The Labute approximate surface area is 119 Å². The van der Waals surface area contributed by atoms with Crippen molar-refractivity contribution < 1.29 is 0 Å². The molecule has 94 valence electrons. The lowest BCUT2D eigenvalue weighted by molar-refractivity contribution is 0.634. The van der Waals surface area contributed by atoms with Crippen molar-refractivity contribution in [2.75, 3.05) is 0 Å². The molecule has 5 heteroatoms. The Bertz CT molecular complexity index is 560. The van der Waals surface area contributed by atoms with E-state index < -0.39 is 0 Å². The molecule has 3 nitrogen and oxygen atoms in total. The molecule has 0 saturated heterocycles. The zero-order chi connectivity index (χ0) is 13.1. The van der Waals surface area contributed by atoms with Gasteiger partial charge in [0.1, 0.15) is 0 Å². The average molecular weight is 327 g/mol. The van der Waals surface area contributed by atoms with Crippen LogP contribution >= 0.6 is 27.5 Å². The van der Waals surface area contributed by atoms with Crippen LogP contribution < -0.4 is 11.3 Å². The molecule has 2 rings (SSSR count). The van der Waals surface area contributed by atoms with Crippen molar-refractivity contribution in [3.05, 3.63) is 62.8 Å². The SMILES string of the molecule is Cc1cncc(C(NN)c2cc(Br)ccc2Cl)c1. The molecule has 0 aliphatic rings. The second-order valence-corrected chi connectivity index (χ2v) is 5.38. The number of benzene rings is 1. The zero-order valence-electron chi connectivity index (χ0n) is 9.82. The summed E-state index contributed by atoms with van der Waals surface area (Å²) in [6.45, 7) is 1.99. The lowest BCUT2D eigenvalue weighted by Crippen LogP contribution is -2.29. The Kier molecular flexibility index (Phi) is 4.35. The fraction of sp³-hybridized carbons (Fsp3) is 0.154. The summed E-state index contributed by atoms with van der Waals surface area (Å²) >= 11 is 9.66. The molecular formula is C13H13BrClN3. The number of hydrazine groups is 1. The van der Waals surface area contributed by atoms with E-state index >= 15 is 0 Å². The average Bonchev–Trinajstić information content (AvgIpc) is 2.35. The van der Waals surface area contributed by atoms with Crippen LogP contribution in [-0.4, -0.2) is 4.98 Å².